The van der Waals surface area contributed by atoms with Crippen LogP contribution in [0.25, 0.3) is 0 Å². The maximum atomic E-state index is 12.3. The van der Waals surface area contributed by atoms with Crippen LogP contribution in [0.2, 0.25) is 0 Å². The van der Waals surface area contributed by atoms with Gasteiger partial charge in [-0.15, -0.1) is 0 Å². The van der Waals surface area contributed by atoms with Gasteiger partial charge < -0.3 is 10.2 Å². The molecule has 116 valence electrons. The Morgan fingerprint density at radius 3 is 2.33 bits per heavy atom. The number of carbonyl (C=O) groups excluding carboxylic acids is 1. The molecule has 21 heavy (non-hydrogen) atoms. The highest BCUT2D eigenvalue weighted by molar-refractivity contribution is 9.10. The molecule has 9 heteroatoms. The van der Waals surface area contributed by atoms with E-state index in [1.165, 1.54) is 6.92 Å². The van der Waals surface area contributed by atoms with Gasteiger partial charge in [-0.2, -0.15) is 13.2 Å². The summed E-state index contributed by atoms with van der Waals surface area (Å²) in [5.74, 6) is -2.19. The number of halogens is 4. The van der Waals surface area contributed by atoms with E-state index in [0.29, 0.717) is 0 Å². The van der Waals surface area contributed by atoms with Gasteiger partial charge in [0, 0.05) is 16.0 Å². The lowest BCUT2D eigenvalue weighted by atomic mass is 9.98. The van der Waals surface area contributed by atoms with E-state index in [1.54, 1.807) is 0 Å². The largest absolute Gasteiger partial charge is 0.479 e. The van der Waals surface area contributed by atoms with E-state index in [9.17, 15) is 27.9 Å². The van der Waals surface area contributed by atoms with Crippen LogP contribution in [0.5, 0.6) is 0 Å². The van der Waals surface area contributed by atoms with E-state index in [2.05, 4.69) is 15.9 Å². The number of carboxylic acids is 1. The molecule has 2 unspecified atom stereocenters. The molecule has 0 spiro atoms. The van der Waals surface area contributed by atoms with Gasteiger partial charge in [0.15, 0.2) is 11.9 Å². The Morgan fingerprint density at radius 1 is 1.33 bits per heavy atom. The predicted molar refractivity (Wildman–Crippen MR) is 73.7 cm³/mol. The van der Waals surface area contributed by atoms with Crippen LogP contribution >= 0.6 is 27.7 Å². The molecule has 0 saturated heterocycles. The summed E-state index contributed by atoms with van der Waals surface area (Å²) in [6, 6.07) is 2.99. The van der Waals surface area contributed by atoms with Crippen molar-refractivity contribution >= 4 is 39.4 Å². The minimum atomic E-state index is -4.56. The molecule has 0 fully saturated rings. The summed E-state index contributed by atoms with van der Waals surface area (Å²) in [5, 5.41) is 18.4. The van der Waals surface area contributed by atoms with E-state index in [1.807, 2.05) is 0 Å². The summed E-state index contributed by atoms with van der Waals surface area (Å²) < 4.78 is 37.0. The summed E-state index contributed by atoms with van der Waals surface area (Å²) in [4.78, 5) is 21.8. The van der Waals surface area contributed by atoms with Crippen LogP contribution in [0.4, 0.5) is 13.2 Å². The van der Waals surface area contributed by atoms with E-state index in [-0.39, 0.29) is 16.0 Å². The van der Waals surface area contributed by atoms with Crippen molar-refractivity contribution in [2.24, 2.45) is 0 Å². The molecule has 0 bridgehead atoms. The minimum Gasteiger partial charge on any atom is -0.479 e. The maximum absolute atomic E-state index is 12.3. The number of Topliss-reactive ketones (excluding diaryl/α,β-unsaturated/α-hetero) is 1. The van der Waals surface area contributed by atoms with Crippen LogP contribution < -0.4 is 0 Å². The van der Waals surface area contributed by atoms with Crippen LogP contribution in [-0.4, -0.2) is 32.3 Å². The summed E-state index contributed by atoms with van der Waals surface area (Å²) >= 11 is 2.55. The summed E-state index contributed by atoms with van der Waals surface area (Å²) in [6.07, 6.45) is -2.08. The number of aliphatic carboxylic acids is 1. The highest BCUT2D eigenvalue weighted by Crippen LogP contribution is 2.38. The Balaban J connectivity index is 3.33. The topological polar surface area (TPSA) is 74.6 Å². The number of benzene rings is 1. The normalized spacial score (nSPS) is 14.6. The molecule has 2 N–H and O–H groups in total. The molecule has 0 saturated carbocycles. The number of ketones is 1. The van der Waals surface area contributed by atoms with E-state index in [0.717, 1.165) is 18.2 Å². The summed E-state index contributed by atoms with van der Waals surface area (Å²) in [6.45, 7) is 1.48. The molecule has 0 aliphatic heterocycles. The van der Waals surface area contributed by atoms with Gasteiger partial charge in [-0.1, -0.05) is 15.9 Å². The number of alkyl halides is 4. The highest BCUT2D eigenvalue weighted by atomic mass is 79.9. The van der Waals surface area contributed by atoms with Crippen LogP contribution in [0.1, 0.15) is 28.9 Å². The van der Waals surface area contributed by atoms with Crippen LogP contribution in [0, 0.1) is 0 Å². The van der Waals surface area contributed by atoms with E-state index < -0.39 is 40.0 Å². The number of thioether (sulfide) groups is 1. The standard InChI is InChI=1S/C12H10BrF3O4S/c1-5(13)9(17)7-3-2-6(21-12(14,15)16)4-8(7)10(18)11(19)20/h2-5,10,18H,1H3,(H,19,20). The van der Waals surface area contributed by atoms with Crippen molar-refractivity contribution in [3.63, 3.8) is 0 Å². The predicted octanol–water partition coefficient (Wildman–Crippen LogP) is 3.38. The third-order valence-electron chi connectivity index (χ3n) is 2.41. The summed E-state index contributed by atoms with van der Waals surface area (Å²) in [5.41, 5.74) is -5.06. The van der Waals surface area contributed by atoms with Crippen molar-refractivity contribution in [3.8, 4) is 0 Å². The van der Waals surface area contributed by atoms with Gasteiger partial charge >= 0.3 is 11.5 Å². The molecule has 4 nitrogen and oxygen atoms in total. The third-order valence-corrected chi connectivity index (χ3v) is 3.55. The fourth-order valence-corrected chi connectivity index (χ4v) is 2.37. The molecule has 0 radical (unpaired) electrons. The van der Waals surface area contributed by atoms with Gasteiger partial charge in [-0.3, -0.25) is 4.79 Å². The smallest absolute Gasteiger partial charge is 0.446 e. The quantitative estimate of drug-likeness (QED) is 0.460. The van der Waals surface area contributed by atoms with Crippen LogP contribution in [0.3, 0.4) is 0 Å². The Kier molecular flexibility index (Phi) is 5.83. The lowest BCUT2D eigenvalue weighted by Crippen LogP contribution is -2.18. The van der Waals surface area contributed by atoms with Gasteiger partial charge in [-0.25, -0.2) is 4.79 Å². The van der Waals surface area contributed by atoms with Crippen molar-refractivity contribution < 1.29 is 33.0 Å². The first-order valence-corrected chi connectivity index (χ1v) is 7.25. The Hall–Kier alpha value is -1.06. The van der Waals surface area contributed by atoms with Gasteiger partial charge in [-0.05, 0) is 36.9 Å². The zero-order valence-corrected chi connectivity index (χ0v) is 12.9. The Morgan fingerprint density at radius 2 is 1.90 bits per heavy atom. The average Bonchev–Trinajstić information content (AvgIpc) is 2.34. The van der Waals surface area contributed by atoms with E-state index >= 15 is 0 Å². The molecule has 0 aliphatic rings. The second-order valence-corrected chi connectivity index (χ2v) is 6.53. The molecule has 1 aromatic carbocycles. The minimum absolute atomic E-state index is 0.138. The molecule has 0 aliphatic carbocycles. The Labute approximate surface area is 130 Å². The van der Waals surface area contributed by atoms with Crippen molar-refractivity contribution in [1.29, 1.82) is 0 Å². The molecular weight excluding hydrogens is 377 g/mol. The number of hydrogen-bond donors (Lipinski definition) is 2. The van der Waals surface area contributed by atoms with Crippen molar-refractivity contribution in [1.82, 2.24) is 0 Å². The average molecular weight is 387 g/mol. The molecule has 0 heterocycles. The van der Waals surface area contributed by atoms with Gasteiger partial charge in [0.1, 0.15) is 0 Å². The first-order chi connectivity index (χ1) is 9.53. The first kappa shape index (κ1) is 18.0. The van der Waals surface area contributed by atoms with Crippen molar-refractivity contribution in [3.05, 3.63) is 29.3 Å². The number of carbonyl (C=O) groups is 2. The van der Waals surface area contributed by atoms with Gasteiger partial charge in [0.05, 0.1) is 4.83 Å². The first-order valence-electron chi connectivity index (χ1n) is 5.51. The number of aliphatic hydroxyl groups excluding tert-OH is 1. The fourth-order valence-electron chi connectivity index (χ4n) is 1.54. The maximum Gasteiger partial charge on any atom is 0.446 e. The number of rotatable bonds is 5. The monoisotopic (exact) mass is 386 g/mol. The van der Waals surface area contributed by atoms with E-state index in [4.69, 9.17) is 5.11 Å². The van der Waals surface area contributed by atoms with Crippen LogP contribution in [0.15, 0.2) is 23.1 Å². The number of aliphatic hydroxyl groups is 1. The Bertz CT molecular complexity index is 560. The molecule has 0 aromatic heterocycles. The number of carboxylic acid groups (broad SMARTS) is 1. The zero-order valence-electron chi connectivity index (χ0n) is 10.5. The third kappa shape index (κ3) is 5.01. The van der Waals surface area contributed by atoms with Crippen LogP contribution in [-0.2, 0) is 4.79 Å². The second kappa shape index (κ2) is 6.80. The molecule has 1 rings (SSSR count). The zero-order chi connectivity index (χ0) is 16.4. The fraction of sp³-hybridized carbons (Fsp3) is 0.333. The van der Waals surface area contributed by atoms with Gasteiger partial charge in [0.2, 0.25) is 0 Å². The highest BCUT2D eigenvalue weighted by Gasteiger charge is 2.31. The molecule has 1 aromatic rings. The lowest BCUT2D eigenvalue weighted by molar-refractivity contribution is -0.146. The lowest BCUT2D eigenvalue weighted by Gasteiger charge is -2.15. The molecular formula is C12H10BrF3O4S. The van der Waals surface area contributed by atoms with Crippen molar-refractivity contribution in [2.75, 3.05) is 0 Å². The van der Waals surface area contributed by atoms with Gasteiger partial charge in [0.25, 0.3) is 0 Å². The molecule has 0 amide bonds. The second-order valence-electron chi connectivity index (χ2n) is 4.02. The summed E-state index contributed by atoms with van der Waals surface area (Å²) in [7, 11) is 0. The SMILES string of the molecule is CC(Br)C(=O)c1ccc(SC(F)(F)F)cc1C(O)C(=O)O. The molecule has 2 atom stereocenters. The number of hydrogen-bond acceptors (Lipinski definition) is 4. The van der Waals surface area contributed by atoms with Crippen molar-refractivity contribution in [2.45, 2.75) is 28.3 Å².